The fourth-order valence-corrected chi connectivity index (χ4v) is 4.29. The molecule has 0 amide bonds. The van der Waals surface area contributed by atoms with E-state index in [4.69, 9.17) is 0 Å². The lowest BCUT2D eigenvalue weighted by Gasteiger charge is -2.27. The molecule has 25 heavy (non-hydrogen) atoms. The zero-order valence-corrected chi connectivity index (χ0v) is 15.5. The predicted octanol–water partition coefficient (Wildman–Crippen LogP) is 2.39. The summed E-state index contributed by atoms with van der Waals surface area (Å²) in [4.78, 5) is 10.7. The first kappa shape index (κ1) is 19.6. The van der Waals surface area contributed by atoms with Crippen LogP contribution >= 0.6 is 0 Å². The van der Waals surface area contributed by atoms with Crippen molar-refractivity contribution in [3.63, 3.8) is 0 Å². The summed E-state index contributed by atoms with van der Waals surface area (Å²) in [5.74, 6) is 0. The van der Waals surface area contributed by atoms with Gasteiger partial charge in [0.05, 0.1) is 15.9 Å². The van der Waals surface area contributed by atoms with Crippen LogP contribution in [0.15, 0.2) is 23.1 Å². The highest BCUT2D eigenvalue weighted by Crippen LogP contribution is 2.31. The Morgan fingerprint density at radius 3 is 2.32 bits per heavy atom. The van der Waals surface area contributed by atoms with Crippen molar-refractivity contribution in [1.29, 1.82) is 0 Å². The third-order valence-corrected chi connectivity index (χ3v) is 5.73. The van der Waals surface area contributed by atoms with Crippen LogP contribution in [0.1, 0.15) is 46.5 Å². The van der Waals surface area contributed by atoms with Crippen LogP contribution in [0.25, 0.3) is 0 Å². The highest BCUT2D eigenvalue weighted by molar-refractivity contribution is 7.89. The Kier molecular flexibility index (Phi) is 5.70. The number of aliphatic hydroxyl groups excluding tert-OH is 1. The molecule has 1 aliphatic rings. The SMILES string of the molecule is CC(C)(C)NS(=O)(=O)c1ccc(NC2CCC(O)CC2)c([N+](=O)[O-])c1. The second-order valence-corrected chi connectivity index (χ2v) is 9.12. The first-order valence-corrected chi connectivity index (χ1v) is 9.73. The number of nitro benzene ring substituents is 1. The van der Waals surface area contributed by atoms with Crippen LogP contribution in [-0.4, -0.2) is 36.1 Å². The summed E-state index contributed by atoms with van der Waals surface area (Å²) in [6.45, 7) is 5.10. The number of aliphatic hydroxyl groups is 1. The maximum absolute atomic E-state index is 12.4. The van der Waals surface area contributed by atoms with E-state index in [2.05, 4.69) is 10.0 Å². The highest BCUT2D eigenvalue weighted by Gasteiger charge is 2.27. The third-order valence-electron chi connectivity index (χ3n) is 3.97. The van der Waals surface area contributed by atoms with Crippen molar-refractivity contribution in [2.45, 2.75) is 69.0 Å². The molecule has 0 unspecified atom stereocenters. The number of anilines is 1. The van der Waals surface area contributed by atoms with E-state index < -0.39 is 20.5 Å². The largest absolute Gasteiger partial charge is 0.393 e. The molecule has 140 valence electrons. The number of nitrogens with zero attached hydrogens (tertiary/aromatic N) is 1. The summed E-state index contributed by atoms with van der Waals surface area (Å²) < 4.78 is 27.2. The Morgan fingerprint density at radius 1 is 1.20 bits per heavy atom. The predicted molar refractivity (Wildman–Crippen MR) is 95.1 cm³/mol. The van der Waals surface area contributed by atoms with Gasteiger partial charge in [0, 0.05) is 17.6 Å². The zero-order chi connectivity index (χ0) is 18.8. The molecule has 1 aliphatic carbocycles. The third kappa shape index (κ3) is 5.38. The van der Waals surface area contributed by atoms with Gasteiger partial charge in [-0.15, -0.1) is 0 Å². The van der Waals surface area contributed by atoms with Gasteiger partial charge in [-0.25, -0.2) is 13.1 Å². The Hall–Kier alpha value is -1.71. The molecule has 0 bridgehead atoms. The summed E-state index contributed by atoms with van der Waals surface area (Å²) in [7, 11) is -3.85. The molecular formula is C16H25N3O5S. The van der Waals surface area contributed by atoms with Gasteiger partial charge < -0.3 is 10.4 Å². The first-order chi connectivity index (χ1) is 11.5. The van der Waals surface area contributed by atoms with Crippen molar-refractivity contribution in [3.8, 4) is 0 Å². The fraction of sp³-hybridized carbons (Fsp3) is 0.625. The van der Waals surface area contributed by atoms with Crippen molar-refractivity contribution >= 4 is 21.4 Å². The number of benzene rings is 1. The molecule has 0 saturated heterocycles. The molecule has 2 rings (SSSR count). The number of nitrogens with one attached hydrogen (secondary N) is 2. The molecule has 9 heteroatoms. The number of hydrogen-bond acceptors (Lipinski definition) is 6. The molecule has 8 nitrogen and oxygen atoms in total. The Bertz CT molecular complexity index is 735. The molecular weight excluding hydrogens is 346 g/mol. The number of hydrogen-bond donors (Lipinski definition) is 3. The second-order valence-electron chi connectivity index (χ2n) is 7.44. The topological polar surface area (TPSA) is 122 Å². The number of nitro groups is 1. The van der Waals surface area contributed by atoms with E-state index in [-0.39, 0.29) is 22.7 Å². The average Bonchev–Trinajstić information content (AvgIpc) is 2.47. The summed E-state index contributed by atoms with van der Waals surface area (Å²) in [5, 5.41) is 24.0. The molecule has 0 spiro atoms. The molecule has 1 aromatic carbocycles. The molecule has 1 fully saturated rings. The van der Waals surface area contributed by atoms with Crippen LogP contribution in [-0.2, 0) is 10.0 Å². The lowest BCUT2D eigenvalue weighted by Crippen LogP contribution is -2.40. The standard InChI is InChI=1S/C16H25N3O5S/c1-16(2,3)18-25(23,24)13-8-9-14(15(10-13)19(21)22)17-11-4-6-12(20)7-5-11/h8-12,17-18,20H,4-7H2,1-3H3. The smallest absolute Gasteiger partial charge is 0.293 e. The lowest BCUT2D eigenvalue weighted by molar-refractivity contribution is -0.384. The van der Waals surface area contributed by atoms with Gasteiger partial charge in [0.2, 0.25) is 10.0 Å². The molecule has 0 radical (unpaired) electrons. The van der Waals surface area contributed by atoms with Gasteiger partial charge in [-0.3, -0.25) is 10.1 Å². The van der Waals surface area contributed by atoms with Gasteiger partial charge in [-0.1, -0.05) is 0 Å². The van der Waals surface area contributed by atoms with E-state index in [1.165, 1.54) is 12.1 Å². The van der Waals surface area contributed by atoms with Crippen molar-refractivity contribution in [2.24, 2.45) is 0 Å². The van der Waals surface area contributed by atoms with Crippen LogP contribution in [0.4, 0.5) is 11.4 Å². The van der Waals surface area contributed by atoms with Crippen LogP contribution in [0, 0.1) is 10.1 Å². The van der Waals surface area contributed by atoms with Crippen molar-refractivity contribution in [1.82, 2.24) is 4.72 Å². The summed E-state index contributed by atoms with van der Waals surface area (Å²) in [5.41, 5.74) is -0.669. The van der Waals surface area contributed by atoms with Gasteiger partial charge in [0.15, 0.2) is 0 Å². The number of sulfonamides is 1. The molecule has 1 aromatic rings. The summed E-state index contributed by atoms with van der Waals surface area (Å²) >= 11 is 0. The van der Waals surface area contributed by atoms with Crippen LogP contribution in [0.5, 0.6) is 0 Å². The normalized spacial score (nSPS) is 21.8. The fourth-order valence-electron chi connectivity index (χ4n) is 2.85. The molecule has 0 atom stereocenters. The van der Waals surface area contributed by atoms with E-state index in [0.717, 1.165) is 6.07 Å². The molecule has 1 saturated carbocycles. The Balaban J connectivity index is 2.27. The van der Waals surface area contributed by atoms with E-state index in [0.29, 0.717) is 31.4 Å². The quantitative estimate of drug-likeness (QED) is 0.540. The van der Waals surface area contributed by atoms with Crippen LogP contribution in [0.3, 0.4) is 0 Å². The molecule has 3 N–H and O–H groups in total. The Morgan fingerprint density at radius 2 is 1.80 bits per heavy atom. The minimum atomic E-state index is -3.85. The minimum absolute atomic E-state index is 0.0252. The van der Waals surface area contributed by atoms with Gasteiger partial charge in [-0.05, 0) is 58.6 Å². The first-order valence-electron chi connectivity index (χ1n) is 8.25. The molecule has 0 heterocycles. The molecule has 0 aliphatic heterocycles. The Labute approximate surface area is 147 Å². The lowest BCUT2D eigenvalue weighted by atomic mass is 9.93. The van der Waals surface area contributed by atoms with Gasteiger partial charge in [-0.2, -0.15) is 0 Å². The maximum atomic E-state index is 12.4. The van der Waals surface area contributed by atoms with Gasteiger partial charge in [0.25, 0.3) is 5.69 Å². The minimum Gasteiger partial charge on any atom is -0.393 e. The van der Waals surface area contributed by atoms with Crippen molar-refractivity contribution in [3.05, 3.63) is 28.3 Å². The van der Waals surface area contributed by atoms with Crippen LogP contribution < -0.4 is 10.0 Å². The van der Waals surface area contributed by atoms with Crippen molar-refractivity contribution in [2.75, 3.05) is 5.32 Å². The zero-order valence-electron chi connectivity index (χ0n) is 14.7. The molecule has 0 aromatic heterocycles. The van der Waals surface area contributed by atoms with E-state index in [1.54, 1.807) is 20.8 Å². The van der Waals surface area contributed by atoms with Gasteiger partial charge >= 0.3 is 0 Å². The van der Waals surface area contributed by atoms with Crippen LogP contribution in [0.2, 0.25) is 0 Å². The van der Waals surface area contributed by atoms with Crippen molar-refractivity contribution < 1.29 is 18.4 Å². The highest BCUT2D eigenvalue weighted by atomic mass is 32.2. The van der Waals surface area contributed by atoms with Gasteiger partial charge in [0.1, 0.15) is 5.69 Å². The average molecular weight is 371 g/mol. The van der Waals surface area contributed by atoms with E-state index >= 15 is 0 Å². The van der Waals surface area contributed by atoms with E-state index in [1.807, 2.05) is 0 Å². The van der Waals surface area contributed by atoms with E-state index in [9.17, 15) is 23.6 Å². The monoisotopic (exact) mass is 371 g/mol. The maximum Gasteiger partial charge on any atom is 0.293 e. The summed E-state index contributed by atoms with van der Waals surface area (Å²) in [6, 6.07) is 3.90. The number of rotatable bonds is 5. The summed E-state index contributed by atoms with van der Waals surface area (Å²) in [6.07, 6.45) is 2.40. The second kappa shape index (κ2) is 7.27.